The maximum absolute atomic E-state index is 6.29. The molecule has 0 fully saturated rings. The Kier molecular flexibility index (Phi) is 11.2. The Morgan fingerprint density at radius 1 is 0.581 bits per heavy atom. The van der Waals surface area contributed by atoms with Gasteiger partial charge in [-0.15, -0.1) is 20.4 Å². The second kappa shape index (κ2) is 17.3. The lowest BCUT2D eigenvalue weighted by Crippen LogP contribution is -2.09. The number of ether oxygens (including phenoxy) is 4. The van der Waals surface area contributed by atoms with Gasteiger partial charge in [-0.05, 0) is 72.4 Å². The van der Waals surface area contributed by atoms with Crippen LogP contribution in [-0.2, 0) is 35.8 Å². The van der Waals surface area contributed by atoms with Crippen molar-refractivity contribution in [2.24, 2.45) is 0 Å². The van der Waals surface area contributed by atoms with Crippen molar-refractivity contribution in [2.75, 3.05) is 28.4 Å². The van der Waals surface area contributed by atoms with E-state index in [1.807, 2.05) is 72.9 Å². The van der Waals surface area contributed by atoms with E-state index in [-0.39, 0.29) is 0 Å². The van der Waals surface area contributed by atoms with Crippen molar-refractivity contribution >= 4 is 23.2 Å². The number of hydrogen-bond acceptors (Lipinski definition) is 12. The summed E-state index contributed by atoms with van der Waals surface area (Å²) in [6.45, 7) is 1.68. The van der Waals surface area contributed by atoms with E-state index >= 15 is 0 Å². The van der Waals surface area contributed by atoms with Gasteiger partial charge in [0.2, 0.25) is 5.88 Å². The fourth-order valence-corrected chi connectivity index (χ4v) is 7.39. The Labute approximate surface area is 365 Å². The van der Waals surface area contributed by atoms with Crippen LogP contribution in [0.3, 0.4) is 0 Å². The zero-order valence-corrected chi connectivity index (χ0v) is 35.2. The molecule has 2 aliphatic rings. The van der Waals surface area contributed by atoms with Crippen LogP contribution in [0.5, 0.6) is 11.6 Å². The van der Waals surface area contributed by atoms with Gasteiger partial charge in [-0.2, -0.15) is 0 Å². The first-order valence-corrected chi connectivity index (χ1v) is 19.7. The summed E-state index contributed by atoms with van der Waals surface area (Å²) in [6.07, 6.45) is 6.85. The van der Waals surface area contributed by atoms with Crippen LogP contribution in [0, 0.1) is 23.7 Å². The zero-order chi connectivity index (χ0) is 42.7. The molecule has 2 aliphatic heterocycles. The molecule has 0 bridgehead atoms. The van der Waals surface area contributed by atoms with Crippen molar-refractivity contribution in [3.8, 4) is 69.5 Å². The molecule has 0 atom stereocenters. The maximum atomic E-state index is 6.29. The first-order valence-electron chi connectivity index (χ1n) is 18.9. The lowest BCUT2D eigenvalue weighted by molar-refractivity contribution is 0.174. The number of aromatic nitrogens is 12. The largest absolute Gasteiger partial charge is 0.495 e. The van der Waals surface area contributed by atoms with Gasteiger partial charge in [-0.3, -0.25) is 9.13 Å². The normalized spacial score (nSPS) is 11.6. The zero-order valence-electron chi connectivity index (χ0n) is 33.7. The number of pyridine rings is 2. The van der Waals surface area contributed by atoms with Crippen LogP contribution in [0.2, 0.25) is 10.0 Å². The molecule has 0 saturated heterocycles. The molecule has 308 valence electrons. The monoisotopic (exact) mass is 864 g/mol. The van der Waals surface area contributed by atoms with Crippen molar-refractivity contribution in [3.63, 3.8) is 0 Å². The lowest BCUT2D eigenvalue weighted by Gasteiger charge is -2.08. The van der Waals surface area contributed by atoms with E-state index in [0.717, 1.165) is 56.9 Å². The molecular formula is C44H34Cl2N12O4. The molecule has 0 aliphatic carbocycles. The van der Waals surface area contributed by atoms with Crippen LogP contribution in [-0.4, -0.2) is 87.0 Å². The molecular weight excluding hydrogens is 831 g/mol. The van der Waals surface area contributed by atoms with Crippen molar-refractivity contribution in [1.82, 2.24) is 58.6 Å². The minimum absolute atomic E-state index is 0.341. The Hall–Kier alpha value is -7.34. The molecule has 2 aromatic carbocycles. The van der Waals surface area contributed by atoms with Crippen LogP contribution < -0.4 is 9.47 Å². The van der Waals surface area contributed by atoms with Gasteiger partial charge >= 0.3 is 0 Å². The smallest absolute Gasteiger partial charge is 0.212 e. The number of hydrogen-bond donors (Lipinski definition) is 0. The summed E-state index contributed by atoms with van der Waals surface area (Å²) in [5.41, 5.74) is 8.15. The average molecular weight is 866 g/mol. The number of fused-ring (bicyclic) bond motifs is 10. The third kappa shape index (κ3) is 7.75. The average Bonchev–Trinajstić information content (AvgIpc) is 4.06. The molecule has 0 amide bonds. The van der Waals surface area contributed by atoms with Gasteiger partial charge in [0.25, 0.3) is 0 Å². The lowest BCUT2D eigenvalue weighted by atomic mass is 10.1. The Bertz CT molecular complexity index is 2870. The van der Waals surface area contributed by atoms with E-state index in [0.29, 0.717) is 70.9 Å². The first-order chi connectivity index (χ1) is 30.3. The summed E-state index contributed by atoms with van der Waals surface area (Å²) in [5.74, 6) is 16.7. The second-order valence-electron chi connectivity index (χ2n) is 13.7. The summed E-state index contributed by atoms with van der Waals surface area (Å²) in [5, 5.41) is 18.7. The van der Waals surface area contributed by atoms with Crippen molar-refractivity contribution in [2.45, 2.75) is 26.3 Å². The standard InChI is InChI=1S/2C22H17ClN6O2/c1-30-12-21-26-27-22-17-9-14(23)3-8-19(17)29-13-25-18(20(29)11-28(21)22)7-5-15-4-6-16(31-2)10-24-15;1-30-12-20-26-27-22-16-9-15(23)5-7-18(16)29-13-25-17(19(29)11-28(20)22)6-3-14-4-8-21(31-2)24-10-14/h3-4,6,8-10,13H,11-12H2,1-2H3;4-5,7-10,13H,11-12H2,1-2H3. The highest BCUT2D eigenvalue weighted by molar-refractivity contribution is 6.31. The van der Waals surface area contributed by atoms with E-state index in [1.165, 1.54) is 0 Å². The summed E-state index contributed by atoms with van der Waals surface area (Å²) in [7, 11) is 6.44. The Balaban J connectivity index is 0.000000158. The molecule has 8 aromatic rings. The third-order valence-electron chi connectivity index (χ3n) is 10.0. The number of benzene rings is 2. The number of halogens is 2. The molecule has 0 unspecified atom stereocenters. The summed E-state index contributed by atoms with van der Waals surface area (Å²) in [4.78, 5) is 17.6. The van der Waals surface area contributed by atoms with Crippen LogP contribution in [0.1, 0.15) is 45.7 Å². The fraction of sp³-hybridized carbons (Fsp3) is 0.182. The molecule has 62 heavy (non-hydrogen) atoms. The number of methoxy groups -OCH3 is 4. The minimum Gasteiger partial charge on any atom is -0.495 e. The Morgan fingerprint density at radius 3 is 1.65 bits per heavy atom. The first kappa shape index (κ1) is 40.1. The number of nitrogens with zero attached hydrogens (tertiary/aromatic N) is 12. The Morgan fingerprint density at radius 2 is 1.16 bits per heavy atom. The van der Waals surface area contributed by atoms with E-state index < -0.39 is 0 Å². The van der Waals surface area contributed by atoms with Crippen molar-refractivity contribution < 1.29 is 18.9 Å². The fourth-order valence-electron chi connectivity index (χ4n) is 7.05. The predicted octanol–water partition coefficient (Wildman–Crippen LogP) is 6.19. The molecule has 10 rings (SSSR count). The molecule has 16 nitrogen and oxygen atoms in total. The van der Waals surface area contributed by atoms with Gasteiger partial charge < -0.3 is 28.1 Å². The predicted molar refractivity (Wildman–Crippen MR) is 228 cm³/mol. The van der Waals surface area contributed by atoms with Gasteiger partial charge in [-0.1, -0.05) is 29.1 Å². The van der Waals surface area contributed by atoms with E-state index in [1.54, 1.807) is 59.6 Å². The third-order valence-corrected chi connectivity index (χ3v) is 10.5. The highest BCUT2D eigenvalue weighted by Gasteiger charge is 2.27. The molecule has 6 aromatic heterocycles. The molecule has 0 N–H and O–H groups in total. The van der Waals surface area contributed by atoms with Gasteiger partial charge in [0.15, 0.2) is 23.3 Å². The van der Waals surface area contributed by atoms with Crippen LogP contribution >= 0.6 is 23.2 Å². The summed E-state index contributed by atoms with van der Waals surface area (Å²) in [6, 6.07) is 18.6. The molecule has 18 heteroatoms. The van der Waals surface area contributed by atoms with Crippen LogP contribution in [0.25, 0.3) is 34.2 Å². The van der Waals surface area contributed by atoms with E-state index in [4.69, 9.17) is 42.1 Å². The summed E-state index contributed by atoms with van der Waals surface area (Å²) >= 11 is 12.6. The van der Waals surface area contributed by atoms with Gasteiger partial charge in [0.1, 0.15) is 48.7 Å². The highest BCUT2D eigenvalue weighted by atomic mass is 35.5. The van der Waals surface area contributed by atoms with Gasteiger partial charge in [0, 0.05) is 53.2 Å². The molecule has 0 saturated carbocycles. The summed E-state index contributed by atoms with van der Waals surface area (Å²) < 4.78 is 28.9. The maximum Gasteiger partial charge on any atom is 0.212 e. The second-order valence-corrected chi connectivity index (χ2v) is 14.6. The number of rotatable bonds is 6. The molecule has 0 radical (unpaired) electrons. The topological polar surface area (TPSA) is 160 Å². The number of imidazole rings is 2. The van der Waals surface area contributed by atoms with Gasteiger partial charge in [-0.25, -0.2) is 19.9 Å². The quantitative estimate of drug-likeness (QED) is 0.175. The van der Waals surface area contributed by atoms with Crippen molar-refractivity contribution in [1.29, 1.82) is 0 Å². The molecule has 0 spiro atoms. The van der Waals surface area contributed by atoms with Crippen molar-refractivity contribution in [3.05, 3.63) is 141 Å². The van der Waals surface area contributed by atoms with E-state index in [2.05, 4.69) is 64.0 Å². The highest BCUT2D eigenvalue weighted by Crippen LogP contribution is 2.36. The minimum atomic E-state index is 0.341. The SMILES string of the molecule is COCc1nnc2n1Cc1c(C#Cc3ccc(OC)cn3)ncn1-c1ccc(Cl)cc1-2.COCc1nnc2n1Cc1c(C#Cc3ccc(OC)nc3)ncn1-c1ccc(Cl)cc1-2. The molecule has 8 heterocycles. The van der Waals surface area contributed by atoms with E-state index in [9.17, 15) is 0 Å². The van der Waals surface area contributed by atoms with Crippen LogP contribution in [0.15, 0.2) is 85.7 Å². The van der Waals surface area contributed by atoms with Gasteiger partial charge in [0.05, 0.1) is 56.3 Å². The van der Waals surface area contributed by atoms with Crippen LogP contribution in [0.4, 0.5) is 0 Å².